The van der Waals surface area contributed by atoms with E-state index in [4.69, 9.17) is 23.2 Å². The predicted octanol–water partition coefficient (Wildman–Crippen LogP) is 1.94. The summed E-state index contributed by atoms with van der Waals surface area (Å²) in [6, 6.07) is 11.6. The molecular formula is C14H10Cl2NO4S-. The smallest absolute Gasteiger partial charge is 0.264 e. The number of nitrogens with zero attached hydrogens (tertiary/aromatic N) is 1. The van der Waals surface area contributed by atoms with Gasteiger partial charge >= 0.3 is 0 Å². The van der Waals surface area contributed by atoms with Crippen LogP contribution in [0.1, 0.15) is 0 Å². The first-order valence-corrected chi connectivity index (χ1v) is 8.24. The highest BCUT2D eigenvalue weighted by Crippen LogP contribution is 2.32. The van der Waals surface area contributed by atoms with Gasteiger partial charge in [-0.2, -0.15) is 0 Å². The molecule has 0 aliphatic heterocycles. The monoisotopic (exact) mass is 358 g/mol. The highest BCUT2D eigenvalue weighted by atomic mass is 35.5. The molecule has 0 aromatic heterocycles. The number of hydrogen-bond donors (Lipinski definition) is 0. The summed E-state index contributed by atoms with van der Waals surface area (Å²) in [5, 5.41) is 11.3. The predicted molar refractivity (Wildman–Crippen MR) is 82.4 cm³/mol. The Labute approximate surface area is 137 Å². The van der Waals surface area contributed by atoms with Gasteiger partial charge in [-0.05, 0) is 30.3 Å². The van der Waals surface area contributed by atoms with Gasteiger partial charge in [-0.1, -0.05) is 41.4 Å². The number of carbonyl (C=O) groups excluding carboxylic acids is 1. The van der Waals surface area contributed by atoms with E-state index in [0.717, 1.165) is 0 Å². The number of hydrogen-bond acceptors (Lipinski definition) is 4. The fraction of sp³-hybridized carbons (Fsp3) is 0.0714. The molecule has 0 heterocycles. The van der Waals surface area contributed by atoms with Crippen molar-refractivity contribution in [2.24, 2.45) is 0 Å². The molecule has 0 fully saturated rings. The van der Waals surface area contributed by atoms with Gasteiger partial charge in [-0.25, -0.2) is 8.42 Å². The quantitative estimate of drug-likeness (QED) is 0.818. The zero-order chi connectivity index (χ0) is 16.3. The topological polar surface area (TPSA) is 77.5 Å². The van der Waals surface area contributed by atoms with Gasteiger partial charge in [-0.15, -0.1) is 0 Å². The van der Waals surface area contributed by atoms with Crippen molar-refractivity contribution < 1.29 is 18.3 Å². The molecule has 22 heavy (non-hydrogen) atoms. The summed E-state index contributed by atoms with van der Waals surface area (Å²) in [6.07, 6.45) is 0. The molecule has 5 nitrogen and oxygen atoms in total. The van der Waals surface area contributed by atoms with Gasteiger partial charge in [0.15, 0.2) is 0 Å². The van der Waals surface area contributed by atoms with Gasteiger partial charge in [0.25, 0.3) is 10.0 Å². The van der Waals surface area contributed by atoms with Crippen LogP contribution in [0, 0.1) is 0 Å². The van der Waals surface area contributed by atoms with Crippen LogP contribution in [0.15, 0.2) is 53.4 Å². The van der Waals surface area contributed by atoms with Gasteiger partial charge in [0, 0.05) is 5.02 Å². The number of benzene rings is 2. The molecule has 0 radical (unpaired) electrons. The molecule has 0 unspecified atom stereocenters. The zero-order valence-electron chi connectivity index (χ0n) is 11.1. The van der Waals surface area contributed by atoms with Gasteiger partial charge in [0.1, 0.15) is 0 Å². The van der Waals surface area contributed by atoms with Crippen molar-refractivity contribution >= 4 is 44.9 Å². The summed E-state index contributed by atoms with van der Waals surface area (Å²) in [6.45, 7) is -0.878. The molecule has 2 aromatic rings. The number of sulfonamides is 1. The lowest BCUT2D eigenvalue weighted by atomic mass is 10.3. The molecule has 0 aliphatic rings. The summed E-state index contributed by atoms with van der Waals surface area (Å²) in [7, 11) is -4.12. The first-order valence-electron chi connectivity index (χ1n) is 6.05. The van der Waals surface area contributed by atoms with E-state index < -0.39 is 22.5 Å². The molecule has 0 saturated heterocycles. The van der Waals surface area contributed by atoms with Crippen LogP contribution in [0.4, 0.5) is 5.69 Å². The molecule has 0 saturated carbocycles. The maximum atomic E-state index is 12.7. The molecule has 0 N–H and O–H groups in total. The minimum atomic E-state index is -4.12. The first kappa shape index (κ1) is 16.6. The fourth-order valence-electron chi connectivity index (χ4n) is 1.81. The van der Waals surface area contributed by atoms with E-state index >= 15 is 0 Å². The minimum absolute atomic E-state index is 0.0257. The van der Waals surface area contributed by atoms with Crippen LogP contribution in [0.25, 0.3) is 0 Å². The summed E-state index contributed by atoms with van der Waals surface area (Å²) in [5.41, 5.74) is -0.0257. The first-order chi connectivity index (χ1) is 10.3. The average molecular weight is 359 g/mol. The van der Waals surface area contributed by atoms with Crippen molar-refractivity contribution in [3.63, 3.8) is 0 Å². The van der Waals surface area contributed by atoms with Gasteiger partial charge in [-0.3, -0.25) is 4.31 Å². The summed E-state index contributed by atoms with van der Waals surface area (Å²) in [4.78, 5) is 10.9. The Balaban J connectivity index is 2.60. The second-order valence-electron chi connectivity index (χ2n) is 4.29. The van der Waals surface area contributed by atoms with E-state index in [-0.39, 0.29) is 20.6 Å². The highest BCUT2D eigenvalue weighted by molar-refractivity contribution is 7.92. The Morgan fingerprint density at radius 2 is 1.73 bits per heavy atom. The van der Waals surface area contributed by atoms with Crippen LogP contribution < -0.4 is 9.41 Å². The molecular weight excluding hydrogens is 349 g/mol. The number of carbonyl (C=O) groups is 1. The molecule has 0 aliphatic carbocycles. The van der Waals surface area contributed by atoms with Crippen molar-refractivity contribution in [1.29, 1.82) is 0 Å². The van der Waals surface area contributed by atoms with Gasteiger partial charge in [0.2, 0.25) is 0 Å². The second kappa shape index (κ2) is 6.56. The fourth-order valence-corrected chi connectivity index (χ4v) is 3.69. The van der Waals surface area contributed by atoms with E-state index in [1.54, 1.807) is 6.07 Å². The third-order valence-electron chi connectivity index (χ3n) is 2.78. The highest BCUT2D eigenvalue weighted by Gasteiger charge is 2.26. The number of aliphatic carboxylic acids is 1. The van der Waals surface area contributed by atoms with Crippen molar-refractivity contribution in [3.8, 4) is 0 Å². The zero-order valence-corrected chi connectivity index (χ0v) is 13.4. The number of carboxylic acids is 1. The van der Waals surface area contributed by atoms with E-state index in [1.807, 2.05) is 0 Å². The Morgan fingerprint density at radius 1 is 1.09 bits per heavy atom. The maximum absolute atomic E-state index is 12.7. The number of carboxylic acid groups (broad SMARTS) is 1. The maximum Gasteiger partial charge on any atom is 0.264 e. The molecule has 0 bridgehead atoms. The van der Waals surface area contributed by atoms with Crippen molar-refractivity contribution in [1.82, 2.24) is 0 Å². The van der Waals surface area contributed by atoms with Gasteiger partial charge < -0.3 is 9.90 Å². The van der Waals surface area contributed by atoms with E-state index in [9.17, 15) is 18.3 Å². The molecule has 2 rings (SSSR count). The van der Waals surface area contributed by atoms with E-state index in [2.05, 4.69) is 0 Å². The Hall–Kier alpha value is -1.76. The van der Waals surface area contributed by atoms with Gasteiger partial charge in [0.05, 0.1) is 28.1 Å². The van der Waals surface area contributed by atoms with Crippen LogP contribution in [0.5, 0.6) is 0 Å². The van der Waals surface area contributed by atoms with E-state index in [1.165, 1.54) is 42.5 Å². The van der Waals surface area contributed by atoms with Crippen LogP contribution in [-0.2, 0) is 14.8 Å². The SMILES string of the molecule is O=C([O-])CN(c1cc(Cl)ccc1Cl)S(=O)(=O)c1ccccc1. The van der Waals surface area contributed by atoms with Crippen LogP contribution in [0.2, 0.25) is 10.0 Å². The van der Waals surface area contributed by atoms with Crippen molar-refractivity contribution in [2.45, 2.75) is 4.90 Å². The van der Waals surface area contributed by atoms with Crippen LogP contribution in [-0.4, -0.2) is 20.9 Å². The van der Waals surface area contributed by atoms with Crippen LogP contribution >= 0.6 is 23.2 Å². The van der Waals surface area contributed by atoms with E-state index in [0.29, 0.717) is 4.31 Å². The lowest BCUT2D eigenvalue weighted by molar-refractivity contribution is -0.303. The molecule has 0 atom stereocenters. The summed E-state index contributed by atoms with van der Waals surface area (Å²) in [5.74, 6) is -1.56. The lowest BCUT2D eigenvalue weighted by Gasteiger charge is -2.26. The lowest BCUT2D eigenvalue weighted by Crippen LogP contribution is -2.41. The third kappa shape index (κ3) is 3.52. The van der Waals surface area contributed by atoms with Crippen molar-refractivity contribution in [3.05, 3.63) is 58.6 Å². The number of rotatable bonds is 5. The standard InChI is InChI=1S/C14H11Cl2NO4S/c15-10-6-7-12(16)13(8-10)17(9-14(18)19)22(20,21)11-4-2-1-3-5-11/h1-8H,9H2,(H,18,19)/p-1. The average Bonchev–Trinajstić information content (AvgIpc) is 2.48. The molecule has 0 amide bonds. The largest absolute Gasteiger partial charge is 0.548 e. The Bertz CT molecular complexity index is 794. The second-order valence-corrected chi connectivity index (χ2v) is 7.00. The molecule has 0 spiro atoms. The molecule has 116 valence electrons. The Morgan fingerprint density at radius 3 is 2.32 bits per heavy atom. The third-order valence-corrected chi connectivity index (χ3v) is 5.11. The normalized spacial score (nSPS) is 11.2. The van der Waals surface area contributed by atoms with Crippen molar-refractivity contribution in [2.75, 3.05) is 10.8 Å². The minimum Gasteiger partial charge on any atom is -0.548 e. The molecule has 8 heteroatoms. The summed E-state index contributed by atoms with van der Waals surface area (Å²) < 4.78 is 26.0. The Kier molecular flexibility index (Phi) is 4.95. The summed E-state index contributed by atoms with van der Waals surface area (Å²) >= 11 is 11.8. The molecule has 2 aromatic carbocycles. The number of halogens is 2. The van der Waals surface area contributed by atoms with Crippen LogP contribution in [0.3, 0.4) is 0 Å². The number of anilines is 1.